The molecule has 2 unspecified atom stereocenters. The van der Waals surface area contributed by atoms with Crippen molar-refractivity contribution < 1.29 is 34.3 Å². The molecule has 0 rings (SSSR count). The normalized spacial score (nSPS) is 16.9. The van der Waals surface area contributed by atoms with E-state index in [4.69, 9.17) is 0 Å². The third-order valence-corrected chi connectivity index (χ3v) is 6.22. The molecule has 11 heteroatoms. The van der Waals surface area contributed by atoms with E-state index in [0.29, 0.717) is 6.26 Å². The molecule has 0 aliphatic carbocycles. The summed E-state index contributed by atoms with van der Waals surface area (Å²) in [6, 6.07) is 0. The molecule has 0 saturated heterocycles. The van der Waals surface area contributed by atoms with Gasteiger partial charge in [0.25, 0.3) is 5.18 Å². The maximum atomic E-state index is 11.3. The average Bonchev–Trinajstić information content (AvgIpc) is 2.13. The van der Waals surface area contributed by atoms with E-state index in [-0.39, 0.29) is 6.61 Å². The van der Waals surface area contributed by atoms with Crippen LogP contribution in [0.25, 0.3) is 0 Å². The summed E-state index contributed by atoms with van der Waals surface area (Å²) in [4.78, 5) is 0. The molecular weight excluding hydrogens is 283 g/mol. The maximum Gasteiger partial charge on any atom is 0.401 e. The second kappa shape index (κ2) is 6.08. The summed E-state index contributed by atoms with van der Waals surface area (Å²) in [6.07, 6.45) is 0.685. The van der Waals surface area contributed by atoms with Crippen molar-refractivity contribution in [1.82, 2.24) is 0 Å². The molecule has 98 valence electrons. The summed E-state index contributed by atoms with van der Waals surface area (Å²) >= 11 is 0. The highest BCUT2D eigenvalue weighted by Gasteiger charge is 2.34. The predicted molar refractivity (Wildman–Crippen MR) is 56.3 cm³/mol. The number of hydrogen-bond acceptors (Lipinski definition) is 8. The molecule has 0 N–H and O–H groups in total. The fraction of sp³-hybridized carbons (Fsp3) is 1.00. The van der Waals surface area contributed by atoms with Crippen LogP contribution < -0.4 is 0 Å². The monoisotopic (exact) mass is 296 g/mol. The van der Waals surface area contributed by atoms with Crippen molar-refractivity contribution >= 4 is 28.3 Å². The van der Waals surface area contributed by atoms with Gasteiger partial charge in [-0.25, -0.2) is 12.6 Å². The molecule has 0 heterocycles. The Hall–Kier alpha value is 0.01000. The third kappa shape index (κ3) is 5.37. The summed E-state index contributed by atoms with van der Waals surface area (Å²) in [5, 5.41) is -2.07. The Bertz CT molecular complexity index is 437. The third-order valence-electron chi connectivity index (χ3n) is 1.28. The molecule has 0 aromatic rings. The molecule has 8 nitrogen and oxygen atoms in total. The topological polar surface area (TPSA) is 113 Å². The highest BCUT2D eigenvalue weighted by atomic mass is 32.3. The van der Waals surface area contributed by atoms with Crippen molar-refractivity contribution in [3.8, 4) is 0 Å². The molecule has 0 aliphatic heterocycles. The fourth-order valence-electron chi connectivity index (χ4n) is 0.642. The SMILES string of the molecule is CCO[PH](=O)C(OS(=O)(=O)OC)S(C)(=O)=O. The van der Waals surface area contributed by atoms with E-state index < -0.39 is 33.4 Å². The molecule has 0 aromatic carbocycles. The van der Waals surface area contributed by atoms with Crippen LogP contribution >= 0.6 is 8.03 Å². The van der Waals surface area contributed by atoms with Gasteiger partial charge in [-0.05, 0) is 6.92 Å². The van der Waals surface area contributed by atoms with Crippen molar-refractivity contribution in [1.29, 1.82) is 0 Å². The van der Waals surface area contributed by atoms with Crippen LogP contribution in [0.2, 0.25) is 0 Å². The van der Waals surface area contributed by atoms with Crippen molar-refractivity contribution in [2.24, 2.45) is 0 Å². The van der Waals surface area contributed by atoms with Gasteiger partial charge in [-0.15, -0.1) is 0 Å². The van der Waals surface area contributed by atoms with E-state index in [2.05, 4.69) is 12.9 Å². The van der Waals surface area contributed by atoms with Gasteiger partial charge in [-0.1, -0.05) is 0 Å². The fourth-order valence-corrected chi connectivity index (χ4v) is 4.49. The first kappa shape index (κ1) is 16.0. The first-order valence-electron chi connectivity index (χ1n) is 3.98. The smallest absolute Gasteiger partial charge is 0.328 e. The molecule has 0 saturated carbocycles. The molecule has 0 fully saturated rings. The molecular formula is C5H13O8PS2. The lowest BCUT2D eigenvalue weighted by Gasteiger charge is -2.13. The molecule has 2 atom stereocenters. The summed E-state index contributed by atoms with van der Waals surface area (Å²) < 4.78 is 67.9. The van der Waals surface area contributed by atoms with Crippen LogP contribution in [-0.2, 0) is 37.7 Å². The molecule has 0 bridgehead atoms. The summed E-state index contributed by atoms with van der Waals surface area (Å²) in [6.45, 7) is 1.45. The Labute approximate surface area is 95.0 Å². The quantitative estimate of drug-likeness (QED) is 0.590. The Kier molecular flexibility index (Phi) is 6.09. The van der Waals surface area contributed by atoms with Crippen LogP contribution in [0.1, 0.15) is 6.92 Å². The van der Waals surface area contributed by atoms with Gasteiger partial charge in [0.05, 0.1) is 13.7 Å². The van der Waals surface area contributed by atoms with Gasteiger partial charge in [0, 0.05) is 6.26 Å². The number of sulfone groups is 1. The summed E-state index contributed by atoms with van der Waals surface area (Å²) in [5.41, 5.74) is 0. The molecule has 0 aromatic heterocycles. The highest BCUT2D eigenvalue weighted by Crippen LogP contribution is 2.34. The molecule has 0 amide bonds. The first-order valence-corrected chi connectivity index (χ1v) is 8.66. The van der Waals surface area contributed by atoms with E-state index in [1.165, 1.54) is 6.92 Å². The molecule has 16 heavy (non-hydrogen) atoms. The van der Waals surface area contributed by atoms with Crippen molar-refractivity contribution in [2.45, 2.75) is 12.1 Å². The van der Waals surface area contributed by atoms with Crippen LogP contribution in [0.15, 0.2) is 0 Å². The predicted octanol–water partition coefficient (Wildman–Crippen LogP) is -0.266. The standard InChI is InChI=1S/C5H13O8PS2/c1-4-12-14(6)5(15(3,7)8)13-16(9,10)11-2/h5,14H,4H2,1-3H3. The van der Waals surface area contributed by atoms with Gasteiger partial charge in [0.2, 0.25) is 8.03 Å². The lowest BCUT2D eigenvalue weighted by atomic mass is 10.9. The summed E-state index contributed by atoms with van der Waals surface area (Å²) in [7, 11) is -10.9. The van der Waals surface area contributed by atoms with Crippen LogP contribution in [0.4, 0.5) is 0 Å². The second-order valence-electron chi connectivity index (χ2n) is 2.58. The minimum absolute atomic E-state index is 0.0276. The van der Waals surface area contributed by atoms with Gasteiger partial charge in [0.1, 0.15) is 0 Å². The van der Waals surface area contributed by atoms with Crippen molar-refractivity contribution in [2.75, 3.05) is 20.0 Å². The first-order chi connectivity index (χ1) is 7.14. The van der Waals surface area contributed by atoms with E-state index in [1.807, 2.05) is 0 Å². The summed E-state index contributed by atoms with van der Waals surface area (Å²) in [5.74, 6) is 0. The average molecular weight is 296 g/mol. The lowest BCUT2D eigenvalue weighted by Crippen LogP contribution is -2.24. The van der Waals surface area contributed by atoms with Gasteiger partial charge in [0.15, 0.2) is 9.84 Å². The zero-order chi connectivity index (χ0) is 13.0. The maximum absolute atomic E-state index is 11.3. The lowest BCUT2D eigenvalue weighted by molar-refractivity contribution is 0.239. The van der Waals surface area contributed by atoms with E-state index >= 15 is 0 Å². The largest absolute Gasteiger partial charge is 0.401 e. The number of hydrogen-bond donors (Lipinski definition) is 0. The number of rotatable bonds is 7. The second-order valence-corrected chi connectivity index (χ2v) is 7.88. The van der Waals surface area contributed by atoms with Gasteiger partial charge >= 0.3 is 10.4 Å². The van der Waals surface area contributed by atoms with Crippen LogP contribution in [-0.4, -0.2) is 42.0 Å². The van der Waals surface area contributed by atoms with Crippen LogP contribution in [0.3, 0.4) is 0 Å². The van der Waals surface area contributed by atoms with Gasteiger partial charge in [-0.2, -0.15) is 8.42 Å². The Balaban J connectivity index is 5.07. The van der Waals surface area contributed by atoms with E-state index in [9.17, 15) is 21.4 Å². The van der Waals surface area contributed by atoms with Crippen molar-refractivity contribution in [3.05, 3.63) is 0 Å². The van der Waals surface area contributed by atoms with Gasteiger partial charge < -0.3 is 4.52 Å². The minimum atomic E-state index is -4.50. The Morgan fingerprint density at radius 1 is 1.25 bits per heavy atom. The molecule has 0 aliphatic rings. The minimum Gasteiger partial charge on any atom is -0.328 e. The van der Waals surface area contributed by atoms with Gasteiger partial charge in [-0.3, -0.25) is 8.75 Å². The Morgan fingerprint density at radius 2 is 1.75 bits per heavy atom. The zero-order valence-electron chi connectivity index (χ0n) is 8.87. The van der Waals surface area contributed by atoms with E-state index in [0.717, 1.165) is 7.11 Å². The molecule has 0 radical (unpaired) electrons. The Morgan fingerprint density at radius 3 is 2.06 bits per heavy atom. The van der Waals surface area contributed by atoms with Crippen LogP contribution in [0.5, 0.6) is 0 Å². The van der Waals surface area contributed by atoms with Crippen LogP contribution in [0, 0.1) is 0 Å². The zero-order valence-corrected chi connectivity index (χ0v) is 11.5. The van der Waals surface area contributed by atoms with Crippen molar-refractivity contribution in [3.63, 3.8) is 0 Å². The highest BCUT2D eigenvalue weighted by molar-refractivity contribution is 7.97. The molecule has 0 spiro atoms. The van der Waals surface area contributed by atoms with E-state index in [1.54, 1.807) is 0 Å².